The lowest BCUT2D eigenvalue weighted by molar-refractivity contribution is 0.0670. The van der Waals surface area contributed by atoms with Crippen LogP contribution in [0.2, 0.25) is 0 Å². The first-order chi connectivity index (χ1) is 19.3. The number of nitrogens with zero attached hydrogens (tertiary/aromatic N) is 3. The molecule has 0 atom stereocenters. The summed E-state index contributed by atoms with van der Waals surface area (Å²) in [4.78, 5) is 33.4. The van der Waals surface area contributed by atoms with Crippen LogP contribution in [0.5, 0.6) is 0 Å². The molecule has 6 rings (SSSR count). The van der Waals surface area contributed by atoms with Crippen molar-refractivity contribution in [2.24, 2.45) is 0 Å². The zero-order valence-electron chi connectivity index (χ0n) is 21.6. The van der Waals surface area contributed by atoms with E-state index in [1.54, 1.807) is 24.3 Å². The number of likely N-dealkylation sites (tertiary alicyclic amines) is 1. The van der Waals surface area contributed by atoms with Crippen molar-refractivity contribution in [3.05, 3.63) is 130 Å². The highest BCUT2D eigenvalue weighted by molar-refractivity contribution is 6.08. The fraction of sp³-hybridized carbons (Fsp3) is 0.219. The van der Waals surface area contributed by atoms with Gasteiger partial charge in [-0.15, -0.1) is 0 Å². The van der Waals surface area contributed by atoms with Crippen molar-refractivity contribution in [3.63, 3.8) is 0 Å². The molecule has 1 aromatic heterocycles. The molecule has 0 radical (unpaired) electrons. The molecule has 0 saturated carbocycles. The van der Waals surface area contributed by atoms with Crippen LogP contribution in [0.25, 0.3) is 0 Å². The Morgan fingerprint density at radius 3 is 2.02 bits per heavy atom. The minimum Gasteiger partial charge on any atom is -0.339 e. The van der Waals surface area contributed by atoms with Crippen LogP contribution >= 0.6 is 0 Å². The summed E-state index contributed by atoms with van der Waals surface area (Å²) in [6, 6.07) is 21.3. The van der Waals surface area contributed by atoms with Gasteiger partial charge in [0.1, 0.15) is 11.4 Å². The number of fused-ring (bicyclic) bond motifs is 2. The van der Waals surface area contributed by atoms with E-state index in [0.717, 1.165) is 29.1 Å². The molecular formula is C32H26F3N3O2. The van der Waals surface area contributed by atoms with E-state index in [9.17, 15) is 22.8 Å². The molecule has 0 bridgehead atoms. The van der Waals surface area contributed by atoms with Gasteiger partial charge in [0.15, 0.2) is 11.6 Å². The minimum absolute atomic E-state index is 0.0664. The molecule has 0 unspecified atom stereocenters. The Hall–Kier alpha value is -4.46. The minimum atomic E-state index is -0.993. The molecule has 3 heterocycles. The molecule has 8 heteroatoms. The number of hydrogen-bond donors (Lipinski definition) is 0. The van der Waals surface area contributed by atoms with Gasteiger partial charge in [0.2, 0.25) is 0 Å². The SMILES string of the molecule is O=C(c1ccc(Cc2ccc(F)cc2)cc1)N1CCC2(CC1)CN(C(=O)c1c(F)cncc1F)c1ccccc12. The summed E-state index contributed by atoms with van der Waals surface area (Å²) < 4.78 is 42.0. The summed E-state index contributed by atoms with van der Waals surface area (Å²) in [6.07, 6.45) is 3.55. The number of hydrogen-bond acceptors (Lipinski definition) is 3. The van der Waals surface area contributed by atoms with Crippen LogP contribution in [-0.4, -0.2) is 41.3 Å². The average molecular weight is 542 g/mol. The fourth-order valence-electron chi connectivity index (χ4n) is 5.91. The topological polar surface area (TPSA) is 53.5 Å². The van der Waals surface area contributed by atoms with Crippen molar-refractivity contribution in [1.29, 1.82) is 0 Å². The normalized spacial score (nSPS) is 15.8. The number of benzene rings is 3. The molecule has 3 aromatic carbocycles. The quantitative estimate of drug-likeness (QED) is 0.322. The molecule has 0 aliphatic carbocycles. The monoisotopic (exact) mass is 541 g/mol. The lowest BCUT2D eigenvalue weighted by Crippen LogP contribution is -2.48. The fourth-order valence-corrected chi connectivity index (χ4v) is 5.91. The van der Waals surface area contributed by atoms with E-state index in [1.807, 2.05) is 41.3 Å². The number of carbonyl (C=O) groups is 2. The van der Waals surface area contributed by atoms with Crippen molar-refractivity contribution >= 4 is 17.5 Å². The van der Waals surface area contributed by atoms with E-state index in [-0.39, 0.29) is 18.3 Å². The van der Waals surface area contributed by atoms with Gasteiger partial charge in [0.25, 0.3) is 11.8 Å². The Morgan fingerprint density at radius 1 is 0.775 bits per heavy atom. The first-order valence-electron chi connectivity index (χ1n) is 13.2. The van der Waals surface area contributed by atoms with E-state index in [1.165, 1.54) is 17.0 Å². The first-order valence-corrected chi connectivity index (χ1v) is 13.2. The number of aromatic nitrogens is 1. The van der Waals surface area contributed by atoms with Gasteiger partial charge in [-0.3, -0.25) is 14.6 Å². The van der Waals surface area contributed by atoms with Crippen LogP contribution in [0.4, 0.5) is 18.9 Å². The molecule has 4 aromatic rings. The van der Waals surface area contributed by atoms with Gasteiger partial charge in [-0.1, -0.05) is 42.5 Å². The highest BCUT2D eigenvalue weighted by Gasteiger charge is 2.47. The molecular weight excluding hydrogens is 515 g/mol. The van der Waals surface area contributed by atoms with E-state index < -0.39 is 28.5 Å². The molecule has 1 spiro atoms. The Balaban J connectivity index is 1.16. The zero-order valence-corrected chi connectivity index (χ0v) is 21.6. The van der Waals surface area contributed by atoms with Crippen molar-refractivity contribution in [1.82, 2.24) is 9.88 Å². The lowest BCUT2D eigenvalue weighted by Gasteiger charge is -2.40. The molecule has 2 amide bonds. The number of para-hydroxylation sites is 1. The third kappa shape index (κ3) is 4.63. The Kier molecular flexibility index (Phi) is 6.62. The van der Waals surface area contributed by atoms with Gasteiger partial charge in [-0.25, -0.2) is 13.2 Å². The number of rotatable bonds is 4. The van der Waals surface area contributed by atoms with E-state index >= 15 is 0 Å². The smallest absolute Gasteiger partial charge is 0.264 e. The summed E-state index contributed by atoms with van der Waals surface area (Å²) in [5, 5.41) is 0. The Bertz CT molecular complexity index is 1560. The number of anilines is 1. The maximum atomic E-state index is 14.4. The molecule has 2 aliphatic heterocycles. The van der Waals surface area contributed by atoms with Crippen LogP contribution in [0.1, 0.15) is 50.2 Å². The van der Waals surface area contributed by atoms with Crippen LogP contribution in [0.3, 0.4) is 0 Å². The summed E-state index contributed by atoms with van der Waals surface area (Å²) >= 11 is 0. The number of pyridine rings is 1. The van der Waals surface area contributed by atoms with Crippen LogP contribution < -0.4 is 4.90 Å². The third-order valence-corrected chi connectivity index (χ3v) is 8.07. The second-order valence-corrected chi connectivity index (χ2v) is 10.5. The third-order valence-electron chi connectivity index (χ3n) is 8.07. The van der Waals surface area contributed by atoms with Crippen molar-refractivity contribution < 1.29 is 22.8 Å². The van der Waals surface area contributed by atoms with Gasteiger partial charge in [0, 0.05) is 36.3 Å². The predicted octanol–water partition coefficient (Wildman–Crippen LogP) is 5.92. The summed E-state index contributed by atoms with van der Waals surface area (Å²) in [5.41, 5.74) is 3.16. The number of piperidine rings is 1. The van der Waals surface area contributed by atoms with Crippen LogP contribution in [0, 0.1) is 17.5 Å². The van der Waals surface area contributed by atoms with Gasteiger partial charge in [0.05, 0.1) is 12.4 Å². The van der Waals surface area contributed by atoms with Gasteiger partial charge < -0.3 is 9.80 Å². The van der Waals surface area contributed by atoms with Gasteiger partial charge in [-0.05, 0) is 66.3 Å². The second-order valence-electron chi connectivity index (χ2n) is 10.5. The molecule has 1 saturated heterocycles. The molecule has 2 aliphatic rings. The molecule has 202 valence electrons. The van der Waals surface area contributed by atoms with E-state index in [2.05, 4.69) is 4.98 Å². The molecule has 5 nitrogen and oxygen atoms in total. The highest BCUT2D eigenvalue weighted by atomic mass is 19.1. The van der Waals surface area contributed by atoms with Crippen molar-refractivity contribution in [3.8, 4) is 0 Å². The van der Waals surface area contributed by atoms with Crippen molar-refractivity contribution in [2.75, 3.05) is 24.5 Å². The molecule has 0 N–H and O–H groups in total. The number of amides is 2. The van der Waals surface area contributed by atoms with Crippen LogP contribution in [-0.2, 0) is 11.8 Å². The Morgan fingerprint density at radius 2 is 1.38 bits per heavy atom. The second kappa shape index (κ2) is 10.3. The molecule has 40 heavy (non-hydrogen) atoms. The number of carbonyl (C=O) groups excluding carboxylic acids is 2. The van der Waals surface area contributed by atoms with Crippen LogP contribution in [0.15, 0.2) is 85.2 Å². The predicted molar refractivity (Wildman–Crippen MR) is 145 cm³/mol. The maximum absolute atomic E-state index is 14.4. The Labute approximate surface area is 229 Å². The van der Waals surface area contributed by atoms with E-state index in [0.29, 0.717) is 43.6 Å². The molecule has 1 fully saturated rings. The standard InChI is InChI=1S/C32H26F3N3O2/c33-24-11-7-22(8-12-24)17-21-5-9-23(10-6-21)30(39)37-15-13-32(14-16-37)20-38(28-4-2-1-3-25(28)32)31(40)29-26(34)18-36-19-27(29)35/h1-12,18-19H,13-17,20H2. The largest absolute Gasteiger partial charge is 0.339 e. The maximum Gasteiger partial charge on any atom is 0.264 e. The highest BCUT2D eigenvalue weighted by Crippen LogP contribution is 2.47. The van der Waals surface area contributed by atoms with Gasteiger partial charge in [-0.2, -0.15) is 0 Å². The van der Waals surface area contributed by atoms with E-state index in [4.69, 9.17) is 0 Å². The lowest BCUT2D eigenvalue weighted by atomic mass is 9.74. The first kappa shape index (κ1) is 25.8. The van der Waals surface area contributed by atoms with Crippen molar-refractivity contribution in [2.45, 2.75) is 24.7 Å². The van der Waals surface area contributed by atoms with Gasteiger partial charge >= 0.3 is 0 Å². The zero-order chi connectivity index (χ0) is 27.9. The average Bonchev–Trinajstić information content (AvgIpc) is 3.28. The summed E-state index contributed by atoms with van der Waals surface area (Å²) in [6.45, 7) is 1.27. The summed E-state index contributed by atoms with van der Waals surface area (Å²) in [7, 11) is 0. The number of halogens is 3. The summed E-state index contributed by atoms with van der Waals surface area (Å²) in [5.74, 6) is -3.06.